The fourth-order valence-corrected chi connectivity index (χ4v) is 0.459. The van der Waals surface area contributed by atoms with Crippen molar-refractivity contribution in [3.8, 4) is 6.07 Å². The highest BCUT2D eigenvalue weighted by molar-refractivity contribution is 5.20. The molecule has 0 amide bonds. The fraction of sp³-hybridized carbons (Fsp3) is 0. The molecule has 1 rings (SSSR count). The van der Waals surface area contributed by atoms with Crippen LogP contribution in [0.5, 0.6) is 0 Å². The van der Waals surface area contributed by atoms with Crippen molar-refractivity contribution in [1.82, 2.24) is 9.89 Å². The first-order valence-electron chi connectivity index (χ1n) is 2.33. The van der Waals surface area contributed by atoms with Gasteiger partial charge in [-0.25, -0.2) is 0 Å². The van der Waals surface area contributed by atoms with Crippen molar-refractivity contribution in [2.24, 2.45) is 0 Å². The molecule has 0 aliphatic heterocycles. The van der Waals surface area contributed by atoms with E-state index in [1.54, 1.807) is 6.07 Å². The first-order valence-corrected chi connectivity index (χ1v) is 2.33. The smallest absolute Gasteiger partial charge is 0.185 e. The van der Waals surface area contributed by atoms with Crippen molar-refractivity contribution in [3.05, 3.63) is 28.1 Å². The van der Waals surface area contributed by atoms with Gasteiger partial charge in [-0.2, -0.15) is 5.26 Å². The average molecular weight is 138 g/mol. The molecule has 1 aromatic heterocycles. The Hall–Kier alpha value is -1.90. The molecule has 0 saturated heterocycles. The quantitative estimate of drug-likeness (QED) is 0.397. The van der Waals surface area contributed by atoms with Crippen molar-refractivity contribution in [2.45, 2.75) is 0 Å². The topological polar surface area (TPSA) is 84.8 Å². The molecule has 0 bridgehead atoms. The van der Waals surface area contributed by atoms with Gasteiger partial charge in [-0.15, -0.1) is 0 Å². The van der Waals surface area contributed by atoms with Crippen molar-refractivity contribution in [1.29, 1.82) is 5.26 Å². The second-order valence-electron chi connectivity index (χ2n) is 1.50. The largest absolute Gasteiger partial charge is 0.339 e. The first kappa shape index (κ1) is 6.22. The molecule has 0 radical (unpaired) electrons. The molecule has 1 heterocycles. The number of hydrogen-bond donors (Lipinski definition) is 0. The van der Waals surface area contributed by atoms with Crippen molar-refractivity contribution in [2.75, 3.05) is 0 Å². The van der Waals surface area contributed by atoms with Gasteiger partial charge in [0.05, 0.1) is 5.03 Å². The van der Waals surface area contributed by atoms with Crippen LogP contribution in [-0.4, -0.2) is 14.9 Å². The Morgan fingerprint density at radius 1 is 1.90 bits per heavy atom. The Kier molecular flexibility index (Phi) is 1.33. The third-order valence-electron chi connectivity index (χ3n) is 0.866. The fourth-order valence-electron chi connectivity index (χ4n) is 0.459. The summed E-state index contributed by atoms with van der Waals surface area (Å²) in [4.78, 5) is 10.4. The Balaban J connectivity index is 3.02. The lowest BCUT2D eigenvalue weighted by Crippen LogP contribution is -2.07. The third-order valence-corrected chi connectivity index (χ3v) is 0.866. The lowest BCUT2D eigenvalue weighted by molar-refractivity contribution is -0.552. The highest BCUT2D eigenvalue weighted by atomic mass is 16.7. The highest BCUT2D eigenvalue weighted by Crippen LogP contribution is 1.92. The van der Waals surface area contributed by atoms with E-state index in [0.717, 1.165) is 12.4 Å². The second-order valence-corrected chi connectivity index (χ2v) is 1.50. The van der Waals surface area contributed by atoms with Crippen LogP contribution in [0.15, 0.2) is 12.4 Å². The number of nitro groups is 1. The SMILES string of the molecule is N#Cc1cnn([N+](=O)[O-])c1. The summed E-state index contributed by atoms with van der Waals surface area (Å²) in [5, 5.41) is 20.7. The van der Waals surface area contributed by atoms with Crippen LogP contribution in [0.25, 0.3) is 0 Å². The third kappa shape index (κ3) is 0.925. The van der Waals surface area contributed by atoms with Crippen LogP contribution < -0.4 is 0 Å². The van der Waals surface area contributed by atoms with Crippen LogP contribution in [0.4, 0.5) is 0 Å². The average Bonchev–Trinajstić information content (AvgIpc) is 2.34. The van der Waals surface area contributed by atoms with Gasteiger partial charge in [-0.05, 0) is 0 Å². The van der Waals surface area contributed by atoms with Gasteiger partial charge in [0.2, 0.25) is 0 Å². The molecule has 10 heavy (non-hydrogen) atoms. The summed E-state index contributed by atoms with van der Waals surface area (Å²) in [5.74, 6) is 0. The normalized spacial score (nSPS) is 8.70. The van der Waals surface area contributed by atoms with E-state index >= 15 is 0 Å². The van der Waals surface area contributed by atoms with Gasteiger partial charge in [0, 0.05) is 9.89 Å². The monoisotopic (exact) mass is 138 g/mol. The van der Waals surface area contributed by atoms with Crippen molar-refractivity contribution >= 4 is 0 Å². The second kappa shape index (κ2) is 2.14. The summed E-state index contributed by atoms with van der Waals surface area (Å²) in [6.07, 6.45) is 2.17. The number of nitriles is 1. The molecule has 50 valence electrons. The maximum Gasteiger partial charge on any atom is 0.185 e. The minimum Gasteiger partial charge on any atom is -0.339 e. The van der Waals surface area contributed by atoms with E-state index in [4.69, 9.17) is 5.26 Å². The summed E-state index contributed by atoms with van der Waals surface area (Å²) in [6.45, 7) is 0. The Bertz CT molecular complexity index is 296. The Labute approximate surface area is 55.4 Å². The van der Waals surface area contributed by atoms with E-state index in [-0.39, 0.29) is 5.56 Å². The number of aromatic nitrogens is 2. The predicted octanol–water partition coefficient (Wildman–Crippen LogP) is -0.205. The van der Waals surface area contributed by atoms with Crippen LogP contribution in [0, 0.1) is 21.4 Å². The molecule has 1 aromatic rings. The maximum atomic E-state index is 9.93. The van der Waals surface area contributed by atoms with E-state index in [0.29, 0.717) is 4.79 Å². The molecular weight excluding hydrogens is 136 g/mol. The zero-order chi connectivity index (χ0) is 7.56. The molecule has 0 atom stereocenters. The van der Waals surface area contributed by atoms with Gasteiger partial charge >= 0.3 is 0 Å². The van der Waals surface area contributed by atoms with Gasteiger partial charge in [-0.1, -0.05) is 0 Å². The van der Waals surface area contributed by atoms with E-state index in [9.17, 15) is 10.1 Å². The van der Waals surface area contributed by atoms with Gasteiger partial charge in [0.15, 0.2) is 6.20 Å². The van der Waals surface area contributed by atoms with Crippen LogP contribution in [-0.2, 0) is 0 Å². The van der Waals surface area contributed by atoms with Crippen LogP contribution in [0.2, 0.25) is 0 Å². The standard InChI is InChI=1S/C4H2N4O2/c5-1-4-2-6-7(3-4)8(9)10/h2-3H. The summed E-state index contributed by atoms with van der Waals surface area (Å²) < 4.78 is 0. The minimum absolute atomic E-state index is 0.178. The van der Waals surface area contributed by atoms with E-state index in [2.05, 4.69) is 5.10 Å². The predicted molar refractivity (Wildman–Crippen MR) is 29.3 cm³/mol. The number of hydrogen-bond acceptors (Lipinski definition) is 4. The summed E-state index contributed by atoms with van der Waals surface area (Å²) in [6, 6.07) is 1.71. The molecule has 0 N–H and O–H groups in total. The van der Waals surface area contributed by atoms with E-state index < -0.39 is 5.03 Å². The van der Waals surface area contributed by atoms with Gasteiger partial charge in [0.1, 0.15) is 17.8 Å². The minimum atomic E-state index is -0.721. The molecule has 0 aliphatic rings. The Morgan fingerprint density at radius 2 is 2.60 bits per heavy atom. The van der Waals surface area contributed by atoms with Crippen LogP contribution in [0.3, 0.4) is 0 Å². The molecule has 6 nitrogen and oxygen atoms in total. The summed E-state index contributed by atoms with van der Waals surface area (Å²) in [7, 11) is 0. The summed E-state index contributed by atoms with van der Waals surface area (Å²) >= 11 is 0. The molecule has 0 fully saturated rings. The molecule has 0 aliphatic carbocycles. The number of nitrogens with zero attached hydrogens (tertiary/aromatic N) is 4. The van der Waals surface area contributed by atoms with E-state index in [1.807, 2.05) is 0 Å². The highest BCUT2D eigenvalue weighted by Gasteiger charge is 2.04. The lowest BCUT2D eigenvalue weighted by atomic mass is 10.4. The zero-order valence-corrected chi connectivity index (χ0v) is 4.76. The molecule has 0 spiro atoms. The van der Waals surface area contributed by atoms with E-state index in [1.165, 1.54) is 0 Å². The first-order chi connectivity index (χ1) is 4.74. The molecule has 0 aromatic carbocycles. The van der Waals surface area contributed by atoms with Crippen molar-refractivity contribution < 1.29 is 5.03 Å². The molecule has 0 saturated carbocycles. The number of rotatable bonds is 1. The lowest BCUT2D eigenvalue weighted by Gasteiger charge is -1.86. The van der Waals surface area contributed by atoms with Crippen LogP contribution in [0.1, 0.15) is 5.56 Å². The summed E-state index contributed by atoms with van der Waals surface area (Å²) in [5.41, 5.74) is 0.178. The van der Waals surface area contributed by atoms with Gasteiger partial charge < -0.3 is 10.1 Å². The van der Waals surface area contributed by atoms with Crippen LogP contribution >= 0.6 is 0 Å². The molecule has 0 unspecified atom stereocenters. The molecular formula is C4H2N4O2. The van der Waals surface area contributed by atoms with Gasteiger partial charge in [0.25, 0.3) is 0 Å². The Morgan fingerprint density at radius 3 is 2.90 bits per heavy atom. The van der Waals surface area contributed by atoms with Crippen molar-refractivity contribution in [3.63, 3.8) is 0 Å². The molecule has 6 heteroatoms. The maximum absolute atomic E-state index is 9.93. The van der Waals surface area contributed by atoms with Gasteiger partial charge in [-0.3, -0.25) is 0 Å². The zero-order valence-electron chi connectivity index (χ0n) is 4.76.